The molecule has 0 aliphatic carbocycles. The van der Waals surface area contributed by atoms with E-state index in [1.807, 2.05) is 69.3 Å². The first-order chi connectivity index (χ1) is 14.5. The Morgan fingerprint density at radius 2 is 1.80 bits per heavy atom. The smallest absolute Gasteiger partial charge is 0.266 e. The first-order valence-corrected chi connectivity index (χ1v) is 9.60. The molecule has 0 aliphatic rings. The van der Waals surface area contributed by atoms with Crippen LogP contribution in [0, 0.1) is 32.1 Å². The standard InChI is InChI=1S/C25H23N3O2/c1-17-12-18(2)24(19(3)13-17)28-25(29)21(15-26)14-20-8-4-5-10-23(20)30-16-22-9-6-7-11-27-22/h4-14H,16H2,1-3H3,(H,28,29)/b21-14+. The molecule has 30 heavy (non-hydrogen) atoms. The Kier molecular flexibility index (Phi) is 6.61. The molecule has 0 bridgehead atoms. The summed E-state index contributed by atoms with van der Waals surface area (Å²) in [4.78, 5) is 17.0. The number of pyridine rings is 1. The summed E-state index contributed by atoms with van der Waals surface area (Å²) in [5.74, 6) is 0.124. The maximum Gasteiger partial charge on any atom is 0.266 e. The van der Waals surface area contributed by atoms with Gasteiger partial charge >= 0.3 is 0 Å². The molecule has 0 saturated carbocycles. The molecule has 0 unspecified atom stereocenters. The highest BCUT2D eigenvalue weighted by Gasteiger charge is 2.14. The van der Waals surface area contributed by atoms with Crippen molar-refractivity contribution in [2.24, 2.45) is 0 Å². The molecule has 0 aliphatic heterocycles. The van der Waals surface area contributed by atoms with E-state index in [1.54, 1.807) is 24.4 Å². The van der Waals surface area contributed by atoms with Gasteiger partial charge in [0.15, 0.2) is 0 Å². The molecule has 3 aromatic rings. The van der Waals surface area contributed by atoms with Crippen LogP contribution in [0.3, 0.4) is 0 Å². The zero-order chi connectivity index (χ0) is 21.5. The summed E-state index contributed by atoms with van der Waals surface area (Å²) in [5, 5.41) is 12.5. The first kappa shape index (κ1) is 20.8. The van der Waals surface area contributed by atoms with Gasteiger partial charge in [-0.05, 0) is 56.2 Å². The lowest BCUT2D eigenvalue weighted by Crippen LogP contribution is -2.15. The lowest BCUT2D eigenvalue weighted by molar-refractivity contribution is -0.112. The molecule has 0 atom stereocenters. The molecule has 2 aromatic carbocycles. The largest absolute Gasteiger partial charge is 0.487 e. The van der Waals surface area contributed by atoms with Crippen LogP contribution in [-0.4, -0.2) is 10.9 Å². The van der Waals surface area contributed by atoms with Gasteiger partial charge in [-0.15, -0.1) is 0 Å². The highest BCUT2D eigenvalue weighted by molar-refractivity contribution is 6.10. The third-order valence-corrected chi connectivity index (χ3v) is 4.60. The highest BCUT2D eigenvalue weighted by Crippen LogP contribution is 2.25. The number of hydrogen-bond acceptors (Lipinski definition) is 4. The third-order valence-electron chi connectivity index (χ3n) is 4.60. The summed E-state index contributed by atoms with van der Waals surface area (Å²) in [7, 11) is 0. The van der Waals surface area contributed by atoms with Crippen molar-refractivity contribution in [1.29, 1.82) is 5.26 Å². The second kappa shape index (κ2) is 9.53. The fourth-order valence-corrected chi connectivity index (χ4v) is 3.23. The van der Waals surface area contributed by atoms with E-state index < -0.39 is 5.91 Å². The average Bonchev–Trinajstić information content (AvgIpc) is 2.74. The van der Waals surface area contributed by atoms with Gasteiger partial charge in [0.2, 0.25) is 0 Å². The lowest BCUT2D eigenvalue weighted by Gasteiger charge is -2.13. The van der Waals surface area contributed by atoms with E-state index in [0.717, 1.165) is 28.1 Å². The van der Waals surface area contributed by atoms with Crippen molar-refractivity contribution in [3.05, 3.63) is 94.3 Å². The minimum atomic E-state index is -0.452. The molecule has 0 radical (unpaired) electrons. The van der Waals surface area contributed by atoms with Gasteiger partial charge in [-0.3, -0.25) is 9.78 Å². The zero-order valence-corrected chi connectivity index (χ0v) is 17.3. The molecular formula is C25H23N3O2. The van der Waals surface area contributed by atoms with E-state index in [0.29, 0.717) is 17.9 Å². The molecule has 1 aromatic heterocycles. The normalized spacial score (nSPS) is 10.9. The van der Waals surface area contributed by atoms with Crippen LogP contribution >= 0.6 is 0 Å². The maximum atomic E-state index is 12.8. The first-order valence-electron chi connectivity index (χ1n) is 9.60. The monoisotopic (exact) mass is 397 g/mol. The van der Waals surface area contributed by atoms with Crippen LogP contribution in [0.5, 0.6) is 5.75 Å². The number of ether oxygens (including phenoxy) is 1. The van der Waals surface area contributed by atoms with E-state index >= 15 is 0 Å². The van der Waals surface area contributed by atoms with Gasteiger partial charge in [0.1, 0.15) is 24.0 Å². The van der Waals surface area contributed by atoms with Crippen LogP contribution in [-0.2, 0) is 11.4 Å². The van der Waals surface area contributed by atoms with E-state index in [9.17, 15) is 10.1 Å². The number of amides is 1. The zero-order valence-electron chi connectivity index (χ0n) is 17.3. The van der Waals surface area contributed by atoms with E-state index in [4.69, 9.17) is 4.74 Å². The summed E-state index contributed by atoms with van der Waals surface area (Å²) in [6.07, 6.45) is 3.25. The van der Waals surface area contributed by atoms with E-state index in [-0.39, 0.29) is 5.57 Å². The summed E-state index contributed by atoms with van der Waals surface area (Å²) in [6.45, 7) is 6.17. The predicted octanol–water partition coefficient (Wildman–Crippen LogP) is 5.13. The molecule has 0 fully saturated rings. The van der Waals surface area contributed by atoms with Gasteiger partial charge in [-0.2, -0.15) is 5.26 Å². The van der Waals surface area contributed by atoms with Gasteiger partial charge in [-0.1, -0.05) is 42.0 Å². The van der Waals surface area contributed by atoms with Crippen LogP contribution < -0.4 is 10.1 Å². The van der Waals surface area contributed by atoms with Gasteiger partial charge in [0, 0.05) is 17.4 Å². The Labute approximate surface area is 176 Å². The highest BCUT2D eigenvalue weighted by atomic mass is 16.5. The number of benzene rings is 2. The number of aromatic nitrogens is 1. The number of hydrogen-bond donors (Lipinski definition) is 1. The van der Waals surface area contributed by atoms with Crippen LogP contribution in [0.4, 0.5) is 5.69 Å². The Hall–Kier alpha value is -3.91. The summed E-state index contributed by atoms with van der Waals surface area (Å²) in [6, 6.07) is 18.9. The van der Waals surface area contributed by atoms with Crippen LogP contribution in [0.25, 0.3) is 6.08 Å². The molecule has 0 spiro atoms. The summed E-state index contributed by atoms with van der Waals surface area (Å²) in [5.41, 5.74) is 5.21. The predicted molar refractivity (Wildman–Crippen MR) is 118 cm³/mol. The Morgan fingerprint density at radius 1 is 1.10 bits per heavy atom. The number of para-hydroxylation sites is 1. The van der Waals surface area contributed by atoms with Crippen molar-refractivity contribution in [3.8, 4) is 11.8 Å². The summed E-state index contributed by atoms with van der Waals surface area (Å²) < 4.78 is 5.87. The molecule has 5 nitrogen and oxygen atoms in total. The van der Waals surface area contributed by atoms with Crippen molar-refractivity contribution in [1.82, 2.24) is 4.98 Å². The van der Waals surface area contributed by atoms with Crippen LogP contribution in [0.2, 0.25) is 0 Å². The SMILES string of the molecule is Cc1cc(C)c(NC(=O)/C(C#N)=C/c2ccccc2OCc2ccccn2)c(C)c1. The number of nitriles is 1. The molecule has 150 valence electrons. The van der Waals surface area contributed by atoms with Gasteiger partial charge in [-0.25, -0.2) is 0 Å². The number of rotatable bonds is 6. The van der Waals surface area contributed by atoms with Gasteiger partial charge in [0.25, 0.3) is 5.91 Å². The fourth-order valence-electron chi connectivity index (χ4n) is 3.23. The van der Waals surface area contributed by atoms with Crippen molar-refractivity contribution >= 4 is 17.7 Å². The average molecular weight is 397 g/mol. The second-order valence-corrected chi connectivity index (χ2v) is 7.05. The molecule has 3 rings (SSSR count). The number of aryl methyl sites for hydroxylation is 3. The quantitative estimate of drug-likeness (QED) is 0.462. The molecular weight excluding hydrogens is 374 g/mol. The Morgan fingerprint density at radius 3 is 2.47 bits per heavy atom. The molecule has 5 heteroatoms. The van der Waals surface area contributed by atoms with E-state index in [2.05, 4.69) is 10.3 Å². The molecule has 1 amide bonds. The minimum absolute atomic E-state index is 0.00302. The number of anilines is 1. The Balaban J connectivity index is 1.82. The second-order valence-electron chi connectivity index (χ2n) is 7.05. The number of carbonyl (C=O) groups is 1. The van der Waals surface area contributed by atoms with E-state index in [1.165, 1.54) is 0 Å². The lowest BCUT2D eigenvalue weighted by atomic mass is 10.0. The fraction of sp³-hybridized carbons (Fsp3) is 0.160. The van der Waals surface area contributed by atoms with Gasteiger partial charge < -0.3 is 10.1 Å². The Bertz CT molecular complexity index is 1110. The topological polar surface area (TPSA) is 75.0 Å². The number of nitrogens with one attached hydrogen (secondary N) is 1. The van der Waals surface area contributed by atoms with Crippen molar-refractivity contribution in [2.45, 2.75) is 27.4 Å². The van der Waals surface area contributed by atoms with Crippen molar-refractivity contribution < 1.29 is 9.53 Å². The molecule has 0 saturated heterocycles. The number of carbonyl (C=O) groups excluding carboxylic acids is 1. The van der Waals surface area contributed by atoms with Crippen LogP contribution in [0.15, 0.2) is 66.4 Å². The molecule has 1 heterocycles. The van der Waals surface area contributed by atoms with Crippen molar-refractivity contribution in [2.75, 3.05) is 5.32 Å². The third kappa shape index (κ3) is 5.12. The summed E-state index contributed by atoms with van der Waals surface area (Å²) >= 11 is 0. The van der Waals surface area contributed by atoms with Gasteiger partial charge in [0.05, 0.1) is 5.69 Å². The number of nitrogens with zero attached hydrogens (tertiary/aromatic N) is 2. The minimum Gasteiger partial charge on any atom is -0.487 e. The maximum absolute atomic E-state index is 12.8. The van der Waals surface area contributed by atoms with Crippen molar-refractivity contribution in [3.63, 3.8) is 0 Å². The van der Waals surface area contributed by atoms with Crippen LogP contribution in [0.1, 0.15) is 27.9 Å². The molecule has 1 N–H and O–H groups in total.